The van der Waals surface area contributed by atoms with Crippen molar-refractivity contribution in [3.8, 4) is 5.75 Å². The Balaban J connectivity index is 1.70. The van der Waals surface area contributed by atoms with Crippen LogP contribution in [0.2, 0.25) is 5.02 Å². The fourth-order valence-electron chi connectivity index (χ4n) is 3.06. The van der Waals surface area contributed by atoms with Crippen LogP contribution in [-0.4, -0.2) is 79.9 Å². The Morgan fingerprint density at radius 3 is 2.89 bits per heavy atom. The topological polar surface area (TPSA) is 60.3 Å². The van der Waals surface area contributed by atoms with E-state index in [0.717, 1.165) is 70.2 Å². The number of ether oxygens (including phenoxy) is 1. The Morgan fingerprint density at radius 1 is 1.41 bits per heavy atom. The Labute approximate surface area is 168 Å². The predicted octanol–water partition coefficient (Wildman–Crippen LogP) is 2.46. The van der Waals surface area contributed by atoms with Crippen LogP contribution in [0.4, 0.5) is 0 Å². The molecule has 0 saturated carbocycles. The lowest BCUT2D eigenvalue weighted by Gasteiger charge is -2.29. The molecule has 1 aromatic rings. The van der Waals surface area contributed by atoms with E-state index in [1.165, 1.54) is 0 Å². The van der Waals surface area contributed by atoms with Crippen molar-refractivity contribution in [1.82, 2.24) is 15.1 Å². The highest BCUT2D eigenvalue weighted by molar-refractivity contribution is 6.30. The first-order valence-corrected chi connectivity index (χ1v) is 10.2. The Bertz CT molecular complexity index is 577. The number of guanidine groups is 1. The number of benzene rings is 1. The number of likely N-dealkylation sites (tertiary alicyclic amines) is 1. The minimum absolute atomic E-state index is 0.109. The number of aliphatic hydroxyl groups is 1. The Morgan fingerprint density at radius 2 is 2.19 bits per heavy atom. The minimum Gasteiger partial charge on any atom is -0.492 e. The van der Waals surface area contributed by atoms with Crippen LogP contribution < -0.4 is 10.1 Å². The smallest absolute Gasteiger partial charge is 0.193 e. The van der Waals surface area contributed by atoms with Gasteiger partial charge in [-0.1, -0.05) is 17.7 Å². The Hall–Kier alpha value is -1.50. The summed E-state index contributed by atoms with van der Waals surface area (Å²) in [5.74, 6) is 1.69. The van der Waals surface area contributed by atoms with Crippen molar-refractivity contribution >= 4 is 17.6 Å². The van der Waals surface area contributed by atoms with Gasteiger partial charge in [0.1, 0.15) is 12.4 Å². The number of hydrogen-bond donors (Lipinski definition) is 2. The molecule has 0 bridgehead atoms. The summed E-state index contributed by atoms with van der Waals surface area (Å²) < 4.78 is 5.76. The number of likely N-dealkylation sites (N-methyl/N-ethyl adjacent to an activating group) is 1. The van der Waals surface area contributed by atoms with Gasteiger partial charge >= 0.3 is 0 Å². The molecule has 0 amide bonds. The second-order valence-corrected chi connectivity index (χ2v) is 7.33. The molecule has 2 N–H and O–H groups in total. The zero-order valence-corrected chi connectivity index (χ0v) is 17.3. The van der Waals surface area contributed by atoms with E-state index in [-0.39, 0.29) is 6.10 Å². The van der Waals surface area contributed by atoms with Crippen LogP contribution in [0.3, 0.4) is 0 Å². The van der Waals surface area contributed by atoms with Crippen LogP contribution in [0.25, 0.3) is 0 Å². The van der Waals surface area contributed by atoms with Crippen LogP contribution >= 0.6 is 11.6 Å². The van der Waals surface area contributed by atoms with Crippen molar-refractivity contribution in [3.63, 3.8) is 0 Å². The van der Waals surface area contributed by atoms with Gasteiger partial charge < -0.3 is 25.0 Å². The third-order valence-electron chi connectivity index (χ3n) is 4.64. The first kappa shape index (κ1) is 21.8. The number of nitrogens with zero attached hydrogens (tertiary/aromatic N) is 3. The molecule has 0 spiro atoms. The van der Waals surface area contributed by atoms with Gasteiger partial charge in [0.25, 0.3) is 0 Å². The number of rotatable bonds is 9. The van der Waals surface area contributed by atoms with Crippen molar-refractivity contribution in [3.05, 3.63) is 29.3 Å². The van der Waals surface area contributed by atoms with Crippen LogP contribution in [0, 0.1) is 0 Å². The molecule has 0 unspecified atom stereocenters. The van der Waals surface area contributed by atoms with Gasteiger partial charge in [0.2, 0.25) is 0 Å². The van der Waals surface area contributed by atoms with Crippen molar-refractivity contribution in [2.75, 3.05) is 52.9 Å². The maximum absolute atomic E-state index is 9.57. The van der Waals surface area contributed by atoms with E-state index in [1.807, 2.05) is 31.3 Å². The molecule has 2 rings (SSSR count). The lowest BCUT2D eigenvalue weighted by Crippen LogP contribution is -2.41. The first-order chi connectivity index (χ1) is 13.1. The van der Waals surface area contributed by atoms with Gasteiger partial charge in [-0.3, -0.25) is 4.99 Å². The van der Waals surface area contributed by atoms with Gasteiger partial charge in [0.05, 0.1) is 12.6 Å². The summed E-state index contributed by atoms with van der Waals surface area (Å²) in [5.41, 5.74) is 0. The molecule has 0 aromatic heterocycles. The molecule has 6 nitrogen and oxygen atoms in total. The highest BCUT2D eigenvalue weighted by Crippen LogP contribution is 2.16. The van der Waals surface area contributed by atoms with Gasteiger partial charge in [0, 0.05) is 38.2 Å². The largest absolute Gasteiger partial charge is 0.492 e. The summed E-state index contributed by atoms with van der Waals surface area (Å²) in [5, 5.41) is 13.6. The van der Waals surface area contributed by atoms with E-state index in [0.29, 0.717) is 11.6 Å². The van der Waals surface area contributed by atoms with E-state index in [2.05, 4.69) is 22.0 Å². The van der Waals surface area contributed by atoms with E-state index in [9.17, 15) is 5.11 Å². The molecule has 1 aromatic carbocycles. The molecular formula is C20H33ClN4O2. The Kier molecular flexibility index (Phi) is 9.73. The van der Waals surface area contributed by atoms with E-state index < -0.39 is 0 Å². The molecule has 0 radical (unpaired) electrons. The second kappa shape index (κ2) is 12.1. The van der Waals surface area contributed by atoms with Gasteiger partial charge in [0.15, 0.2) is 5.96 Å². The van der Waals surface area contributed by atoms with Gasteiger partial charge in [-0.25, -0.2) is 0 Å². The third-order valence-corrected chi connectivity index (χ3v) is 4.87. The maximum atomic E-state index is 9.57. The molecule has 1 fully saturated rings. The van der Waals surface area contributed by atoms with Crippen molar-refractivity contribution in [1.29, 1.82) is 0 Å². The highest BCUT2D eigenvalue weighted by atomic mass is 35.5. The number of halogens is 1. The van der Waals surface area contributed by atoms with Crippen LogP contribution in [0.5, 0.6) is 5.75 Å². The van der Waals surface area contributed by atoms with Crippen molar-refractivity contribution < 1.29 is 9.84 Å². The van der Waals surface area contributed by atoms with E-state index >= 15 is 0 Å². The number of nitrogens with one attached hydrogen (secondary N) is 1. The highest BCUT2D eigenvalue weighted by Gasteiger charge is 2.16. The average molecular weight is 397 g/mol. The van der Waals surface area contributed by atoms with Gasteiger partial charge in [-0.05, 0) is 50.9 Å². The molecular weight excluding hydrogens is 364 g/mol. The quantitative estimate of drug-likeness (QED) is 0.381. The predicted molar refractivity (Wildman–Crippen MR) is 112 cm³/mol. The summed E-state index contributed by atoms with van der Waals surface area (Å²) in [4.78, 5) is 9.23. The first-order valence-electron chi connectivity index (χ1n) is 9.86. The molecule has 27 heavy (non-hydrogen) atoms. The lowest BCUT2D eigenvalue weighted by atomic mass is 10.1. The standard InChI is InChI=1S/C20H33ClN4O2/c1-3-22-20(23-10-5-11-25-12-8-18(26)9-13-25)24(2)14-15-27-19-7-4-6-17(21)16-19/h4,6-7,16,18,26H,3,5,8-15H2,1-2H3,(H,22,23). The summed E-state index contributed by atoms with van der Waals surface area (Å²) in [6, 6.07) is 7.45. The van der Waals surface area contributed by atoms with Gasteiger partial charge in [-0.2, -0.15) is 0 Å². The SMILES string of the molecule is CCNC(=NCCCN1CCC(O)CC1)N(C)CCOc1cccc(Cl)c1. The van der Waals surface area contributed by atoms with Crippen molar-refractivity contribution in [2.45, 2.75) is 32.3 Å². The monoisotopic (exact) mass is 396 g/mol. The van der Waals surface area contributed by atoms with Crippen LogP contribution in [-0.2, 0) is 0 Å². The van der Waals surface area contributed by atoms with Crippen molar-refractivity contribution in [2.24, 2.45) is 4.99 Å². The van der Waals surface area contributed by atoms with Crippen LogP contribution in [0.15, 0.2) is 29.3 Å². The maximum Gasteiger partial charge on any atom is 0.193 e. The number of aliphatic imine (C=N–C) groups is 1. The molecule has 1 aliphatic rings. The van der Waals surface area contributed by atoms with E-state index in [1.54, 1.807) is 0 Å². The number of hydrogen-bond acceptors (Lipinski definition) is 4. The molecule has 152 valence electrons. The molecule has 0 atom stereocenters. The zero-order chi connectivity index (χ0) is 19.5. The van der Waals surface area contributed by atoms with E-state index in [4.69, 9.17) is 21.3 Å². The second-order valence-electron chi connectivity index (χ2n) is 6.89. The molecule has 1 aliphatic heterocycles. The summed E-state index contributed by atoms with van der Waals surface area (Å²) >= 11 is 5.98. The minimum atomic E-state index is -0.109. The van der Waals surface area contributed by atoms with Gasteiger partial charge in [-0.15, -0.1) is 0 Å². The fourth-order valence-corrected chi connectivity index (χ4v) is 3.24. The average Bonchev–Trinajstić information content (AvgIpc) is 2.65. The summed E-state index contributed by atoms with van der Waals surface area (Å²) in [6.45, 7) is 8.03. The zero-order valence-electron chi connectivity index (χ0n) is 16.5. The molecule has 1 heterocycles. The third kappa shape index (κ3) is 8.37. The van der Waals surface area contributed by atoms with Crippen LogP contribution in [0.1, 0.15) is 26.2 Å². The number of aliphatic hydroxyl groups excluding tert-OH is 1. The normalized spacial score (nSPS) is 16.4. The summed E-state index contributed by atoms with van der Waals surface area (Å²) in [6.07, 6.45) is 2.70. The number of piperidine rings is 1. The summed E-state index contributed by atoms with van der Waals surface area (Å²) in [7, 11) is 2.02. The molecule has 0 aliphatic carbocycles. The molecule has 7 heteroatoms. The fraction of sp³-hybridized carbons (Fsp3) is 0.650. The lowest BCUT2D eigenvalue weighted by molar-refractivity contribution is 0.0824. The molecule has 1 saturated heterocycles.